The number of imidazole rings is 1. The standard InChI is InChI=1S/C17H20N4O2S/c1-12-4-7-20-9-13(18-15(20)8-12)16(22)21-11-24-10-14(21)17(23)19-5-2-3-6-19/h4,7-9,14H,2-3,5-6,10-11H2,1H3. The lowest BCUT2D eigenvalue weighted by molar-refractivity contribution is -0.133. The summed E-state index contributed by atoms with van der Waals surface area (Å²) >= 11 is 1.63. The van der Waals surface area contributed by atoms with Crippen LogP contribution in [-0.4, -0.2) is 61.8 Å². The number of hydrogen-bond acceptors (Lipinski definition) is 4. The second kappa shape index (κ2) is 6.12. The van der Waals surface area contributed by atoms with Gasteiger partial charge in [0.1, 0.15) is 17.4 Å². The number of likely N-dealkylation sites (tertiary alicyclic amines) is 1. The molecule has 2 saturated heterocycles. The molecule has 0 bridgehead atoms. The predicted molar refractivity (Wildman–Crippen MR) is 93.0 cm³/mol. The summed E-state index contributed by atoms with van der Waals surface area (Å²) in [6, 6.07) is 3.57. The summed E-state index contributed by atoms with van der Waals surface area (Å²) in [7, 11) is 0. The van der Waals surface area contributed by atoms with Crippen molar-refractivity contribution in [2.24, 2.45) is 0 Å². The van der Waals surface area contributed by atoms with Crippen LogP contribution in [0.15, 0.2) is 24.5 Å². The maximum Gasteiger partial charge on any atom is 0.275 e. The molecule has 24 heavy (non-hydrogen) atoms. The first-order valence-electron chi connectivity index (χ1n) is 8.26. The molecule has 2 amide bonds. The predicted octanol–water partition coefficient (Wildman–Crippen LogP) is 1.78. The van der Waals surface area contributed by atoms with Gasteiger partial charge in [-0.3, -0.25) is 9.59 Å². The van der Waals surface area contributed by atoms with E-state index >= 15 is 0 Å². The molecule has 126 valence electrons. The van der Waals surface area contributed by atoms with Gasteiger partial charge in [-0.1, -0.05) is 0 Å². The first-order chi connectivity index (χ1) is 11.6. The fourth-order valence-corrected chi connectivity index (χ4v) is 4.47. The molecule has 0 radical (unpaired) electrons. The van der Waals surface area contributed by atoms with E-state index in [-0.39, 0.29) is 17.9 Å². The van der Waals surface area contributed by atoms with Gasteiger partial charge in [0.2, 0.25) is 5.91 Å². The molecule has 0 spiro atoms. The number of aryl methyl sites for hydroxylation is 1. The molecule has 2 aromatic heterocycles. The Hall–Kier alpha value is -2.02. The third kappa shape index (κ3) is 2.66. The van der Waals surface area contributed by atoms with Gasteiger partial charge in [0.05, 0.1) is 5.88 Å². The number of amides is 2. The van der Waals surface area contributed by atoms with Crippen LogP contribution in [0.2, 0.25) is 0 Å². The highest BCUT2D eigenvalue weighted by molar-refractivity contribution is 7.99. The number of pyridine rings is 1. The molecular formula is C17H20N4O2S. The van der Waals surface area contributed by atoms with E-state index in [1.165, 1.54) is 0 Å². The van der Waals surface area contributed by atoms with Gasteiger partial charge in [-0.2, -0.15) is 0 Å². The van der Waals surface area contributed by atoms with Crippen molar-refractivity contribution < 1.29 is 9.59 Å². The minimum Gasteiger partial charge on any atom is -0.341 e. The van der Waals surface area contributed by atoms with Gasteiger partial charge < -0.3 is 14.2 Å². The van der Waals surface area contributed by atoms with Crippen molar-refractivity contribution in [3.63, 3.8) is 0 Å². The quantitative estimate of drug-likeness (QED) is 0.833. The Labute approximate surface area is 144 Å². The van der Waals surface area contributed by atoms with Crippen LogP contribution in [0, 0.1) is 6.92 Å². The molecule has 2 aliphatic heterocycles. The molecule has 0 aromatic carbocycles. The number of carbonyl (C=O) groups excluding carboxylic acids is 2. The molecule has 0 N–H and O–H groups in total. The zero-order valence-corrected chi connectivity index (χ0v) is 14.5. The number of thioether (sulfide) groups is 1. The topological polar surface area (TPSA) is 57.9 Å². The lowest BCUT2D eigenvalue weighted by Crippen LogP contribution is -2.48. The molecule has 0 aliphatic carbocycles. The summed E-state index contributed by atoms with van der Waals surface area (Å²) in [6.07, 6.45) is 5.77. The summed E-state index contributed by atoms with van der Waals surface area (Å²) in [5.41, 5.74) is 2.26. The Bertz CT molecular complexity index is 797. The molecule has 2 aromatic rings. The average molecular weight is 344 g/mol. The Balaban J connectivity index is 1.58. The average Bonchev–Trinajstić information content (AvgIpc) is 3.31. The van der Waals surface area contributed by atoms with Gasteiger partial charge in [0.15, 0.2) is 0 Å². The van der Waals surface area contributed by atoms with Crippen molar-refractivity contribution in [2.75, 3.05) is 24.7 Å². The first-order valence-corrected chi connectivity index (χ1v) is 9.42. The summed E-state index contributed by atoms with van der Waals surface area (Å²) in [6.45, 7) is 3.63. The van der Waals surface area contributed by atoms with E-state index in [4.69, 9.17) is 0 Å². The zero-order chi connectivity index (χ0) is 16.7. The highest BCUT2D eigenvalue weighted by Gasteiger charge is 2.38. The summed E-state index contributed by atoms with van der Waals surface area (Å²) in [5.74, 6) is 1.16. The van der Waals surface area contributed by atoms with Gasteiger partial charge in [-0.15, -0.1) is 11.8 Å². The van der Waals surface area contributed by atoms with Crippen LogP contribution in [0.25, 0.3) is 5.65 Å². The van der Waals surface area contributed by atoms with Crippen molar-refractivity contribution in [1.29, 1.82) is 0 Å². The molecule has 7 heteroatoms. The van der Waals surface area contributed by atoms with Gasteiger partial charge in [0, 0.05) is 31.2 Å². The van der Waals surface area contributed by atoms with Crippen LogP contribution in [-0.2, 0) is 4.79 Å². The second-order valence-electron chi connectivity index (χ2n) is 6.42. The van der Waals surface area contributed by atoms with Crippen molar-refractivity contribution in [3.8, 4) is 0 Å². The van der Waals surface area contributed by atoms with Gasteiger partial charge >= 0.3 is 0 Å². The molecule has 2 aliphatic rings. The van der Waals surface area contributed by atoms with E-state index in [1.54, 1.807) is 22.9 Å². The Morgan fingerprint density at radius 1 is 1.29 bits per heavy atom. The molecular weight excluding hydrogens is 324 g/mol. The molecule has 4 rings (SSSR count). The van der Waals surface area contributed by atoms with Gasteiger partial charge in [0.25, 0.3) is 5.91 Å². The Morgan fingerprint density at radius 2 is 2.08 bits per heavy atom. The normalized spacial score (nSPS) is 21.0. The van der Waals surface area contributed by atoms with Crippen LogP contribution >= 0.6 is 11.8 Å². The van der Waals surface area contributed by atoms with E-state index in [9.17, 15) is 9.59 Å². The number of hydrogen-bond donors (Lipinski definition) is 0. The number of nitrogens with zero attached hydrogens (tertiary/aromatic N) is 4. The lowest BCUT2D eigenvalue weighted by atomic mass is 10.2. The fourth-order valence-electron chi connectivity index (χ4n) is 3.33. The maximum absolute atomic E-state index is 12.9. The molecule has 6 nitrogen and oxygen atoms in total. The van der Waals surface area contributed by atoms with Crippen LogP contribution in [0.5, 0.6) is 0 Å². The van der Waals surface area contributed by atoms with Gasteiger partial charge in [-0.25, -0.2) is 4.98 Å². The number of aromatic nitrogens is 2. The minimum absolute atomic E-state index is 0.0884. The number of carbonyl (C=O) groups is 2. The smallest absolute Gasteiger partial charge is 0.275 e. The van der Waals surface area contributed by atoms with Crippen LogP contribution in [0.4, 0.5) is 0 Å². The van der Waals surface area contributed by atoms with Gasteiger partial charge in [-0.05, 0) is 37.5 Å². The maximum atomic E-state index is 12.9. The Kier molecular flexibility index (Phi) is 3.96. The lowest BCUT2D eigenvalue weighted by Gasteiger charge is -2.26. The van der Waals surface area contributed by atoms with E-state index < -0.39 is 0 Å². The highest BCUT2D eigenvalue weighted by atomic mass is 32.2. The largest absolute Gasteiger partial charge is 0.341 e. The van der Waals surface area contributed by atoms with E-state index in [1.807, 2.05) is 34.6 Å². The Morgan fingerprint density at radius 3 is 2.88 bits per heavy atom. The van der Waals surface area contributed by atoms with Crippen molar-refractivity contribution in [1.82, 2.24) is 19.2 Å². The third-order valence-electron chi connectivity index (χ3n) is 4.68. The van der Waals surface area contributed by atoms with Crippen LogP contribution in [0.1, 0.15) is 28.9 Å². The minimum atomic E-state index is -0.354. The van der Waals surface area contributed by atoms with Crippen molar-refractivity contribution in [2.45, 2.75) is 25.8 Å². The molecule has 4 heterocycles. The third-order valence-corrected chi connectivity index (χ3v) is 5.69. The zero-order valence-electron chi connectivity index (χ0n) is 13.6. The summed E-state index contributed by atoms with van der Waals surface area (Å²) in [5, 5.41) is 0. The fraction of sp³-hybridized carbons (Fsp3) is 0.471. The number of rotatable bonds is 2. The highest BCUT2D eigenvalue weighted by Crippen LogP contribution is 2.25. The molecule has 2 fully saturated rings. The van der Waals surface area contributed by atoms with Crippen molar-refractivity contribution in [3.05, 3.63) is 35.8 Å². The van der Waals surface area contributed by atoms with E-state index in [0.717, 1.165) is 37.1 Å². The first kappa shape index (κ1) is 15.5. The van der Waals surface area contributed by atoms with Crippen molar-refractivity contribution >= 4 is 29.2 Å². The number of fused-ring (bicyclic) bond motifs is 1. The van der Waals surface area contributed by atoms with E-state index in [2.05, 4.69) is 4.98 Å². The summed E-state index contributed by atoms with van der Waals surface area (Å²) < 4.78 is 1.85. The molecule has 1 atom stereocenters. The van der Waals surface area contributed by atoms with E-state index in [0.29, 0.717) is 17.3 Å². The SMILES string of the molecule is Cc1ccn2cc(C(=O)N3CSCC3C(=O)N3CCCC3)nc2c1. The second-order valence-corrected chi connectivity index (χ2v) is 7.42. The molecule has 1 unspecified atom stereocenters. The van der Waals surface area contributed by atoms with Crippen LogP contribution in [0.3, 0.4) is 0 Å². The monoisotopic (exact) mass is 344 g/mol. The molecule has 0 saturated carbocycles. The summed E-state index contributed by atoms with van der Waals surface area (Å²) in [4.78, 5) is 33.6. The van der Waals surface area contributed by atoms with Crippen LogP contribution < -0.4 is 0 Å².